The van der Waals surface area contributed by atoms with Crippen LogP contribution in [0.2, 0.25) is 0 Å². The highest BCUT2D eigenvalue weighted by molar-refractivity contribution is 9.10. The second-order valence-electron chi connectivity index (χ2n) is 4.05. The summed E-state index contributed by atoms with van der Waals surface area (Å²) < 4.78 is 2.99. The predicted octanol–water partition coefficient (Wildman–Crippen LogP) is 4.00. The molecule has 0 radical (unpaired) electrons. The fourth-order valence-corrected chi connectivity index (χ4v) is 2.25. The van der Waals surface area contributed by atoms with E-state index < -0.39 is 0 Å². The number of aromatic nitrogens is 2. The average molecular weight is 287 g/mol. The number of halogens is 1. The van der Waals surface area contributed by atoms with Gasteiger partial charge in [-0.15, -0.1) is 0 Å². The molecule has 0 saturated carbocycles. The van der Waals surface area contributed by atoms with Crippen LogP contribution < -0.4 is 0 Å². The van der Waals surface area contributed by atoms with E-state index in [2.05, 4.69) is 63.5 Å². The molecule has 84 valence electrons. The van der Waals surface area contributed by atoms with Crippen LogP contribution in [-0.2, 0) is 7.05 Å². The summed E-state index contributed by atoms with van der Waals surface area (Å²) in [5.74, 6) is 0. The topological polar surface area (TPSA) is 17.8 Å². The molecule has 0 aliphatic rings. The normalized spacial score (nSPS) is 10.9. The molecule has 3 heteroatoms. The molecular weight excluding hydrogens is 276 g/mol. The lowest BCUT2D eigenvalue weighted by atomic mass is 10.0. The summed E-state index contributed by atoms with van der Waals surface area (Å²) in [6.45, 7) is 0. The van der Waals surface area contributed by atoms with Gasteiger partial charge < -0.3 is 0 Å². The van der Waals surface area contributed by atoms with Crippen molar-refractivity contribution < 1.29 is 0 Å². The zero-order valence-electron chi connectivity index (χ0n) is 9.39. The van der Waals surface area contributed by atoms with Crippen molar-refractivity contribution in [1.82, 2.24) is 9.78 Å². The molecule has 0 N–H and O–H groups in total. The summed E-state index contributed by atoms with van der Waals surface area (Å²) >= 11 is 3.45. The molecule has 1 heterocycles. The SMILES string of the molecule is Cn1ncc2cc(-c3ccc(Br)cc3)ccc21. The van der Waals surface area contributed by atoms with E-state index in [1.54, 1.807) is 0 Å². The number of hydrogen-bond donors (Lipinski definition) is 0. The number of fused-ring (bicyclic) bond motifs is 1. The molecule has 2 nitrogen and oxygen atoms in total. The molecule has 1 aromatic heterocycles. The van der Waals surface area contributed by atoms with Crippen molar-refractivity contribution >= 4 is 26.8 Å². The Balaban J connectivity index is 2.14. The second-order valence-corrected chi connectivity index (χ2v) is 4.96. The molecule has 0 saturated heterocycles. The summed E-state index contributed by atoms with van der Waals surface area (Å²) in [6, 6.07) is 14.8. The van der Waals surface area contributed by atoms with Crippen molar-refractivity contribution in [3.63, 3.8) is 0 Å². The zero-order valence-corrected chi connectivity index (χ0v) is 11.0. The van der Waals surface area contributed by atoms with Crippen molar-refractivity contribution in [2.45, 2.75) is 0 Å². The molecule has 3 aromatic rings. The Morgan fingerprint density at radius 3 is 2.47 bits per heavy atom. The first kappa shape index (κ1) is 10.5. The highest BCUT2D eigenvalue weighted by Crippen LogP contribution is 2.25. The fourth-order valence-electron chi connectivity index (χ4n) is 1.99. The summed E-state index contributed by atoms with van der Waals surface area (Å²) in [4.78, 5) is 0. The minimum Gasteiger partial charge on any atom is -0.268 e. The van der Waals surface area contributed by atoms with E-state index in [9.17, 15) is 0 Å². The molecule has 17 heavy (non-hydrogen) atoms. The van der Waals surface area contributed by atoms with E-state index in [1.807, 2.05) is 17.9 Å². The largest absolute Gasteiger partial charge is 0.268 e. The molecule has 0 bridgehead atoms. The molecule has 0 aliphatic heterocycles. The predicted molar refractivity (Wildman–Crippen MR) is 73.9 cm³/mol. The third kappa shape index (κ3) is 1.87. The molecule has 0 amide bonds. The van der Waals surface area contributed by atoms with Crippen LogP contribution in [0.4, 0.5) is 0 Å². The van der Waals surface area contributed by atoms with Gasteiger partial charge in [0.05, 0.1) is 11.7 Å². The maximum atomic E-state index is 4.25. The Kier molecular flexibility index (Phi) is 2.48. The maximum Gasteiger partial charge on any atom is 0.0679 e. The third-order valence-corrected chi connectivity index (χ3v) is 3.45. The van der Waals surface area contributed by atoms with E-state index in [0.29, 0.717) is 0 Å². The van der Waals surface area contributed by atoms with Crippen LogP contribution >= 0.6 is 15.9 Å². The van der Waals surface area contributed by atoms with Gasteiger partial charge in [0.1, 0.15) is 0 Å². The van der Waals surface area contributed by atoms with Gasteiger partial charge in [-0.25, -0.2) is 0 Å². The first-order valence-electron chi connectivity index (χ1n) is 5.42. The van der Waals surface area contributed by atoms with Gasteiger partial charge in [0.25, 0.3) is 0 Å². The van der Waals surface area contributed by atoms with Crippen LogP contribution in [0, 0.1) is 0 Å². The van der Waals surface area contributed by atoms with Gasteiger partial charge in [0.2, 0.25) is 0 Å². The Morgan fingerprint density at radius 2 is 1.71 bits per heavy atom. The van der Waals surface area contributed by atoms with Crippen LogP contribution in [0.1, 0.15) is 0 Å². The number of benzene rings is 2. The highest BCUT2D eigenvalue weighted by Gasteiger charge is 2.02. The van der Waals surface area contributed by atoms with Gasteiger partial charge >= 0.3 is 0 Å². The van der Waals surface area contributed by atoms with Gasteiger partial charge in [-0.2, -0.15) is 5.10 Å². The van der Waals surface area contributed by atoms with Gasteiger partial charge in [0, 0.05) is 16.9 Å². The molecular formula is C14H11BrN2. The molecule has 0 unspecified atom stereocenters. The molecule has 0 aliphatic carbocycles. The Hall–Kier alpha value is -1.61. The van der Waals surface area contributed by atoms with Crippen LogP contribution in [0.3, 0.4) is 0 Å². The lowest BCUT2D eigenvalue weighted by Gasteiger charge is -2.02. The van der Waals surface area contributed by atoms with Gasteiger partial charge in [-0.05, 0) is 35.4 Å². The Bertz CT molecular complexity index is 668. The van der Waals surface area contributed by atoms with E-state index in [4.69, 9.17) is 0 Å². The zero-order chi connectivity index (χ0) is 11.8. The second kappa shape index (κ2) is 4.00. The van der Waals surface area contributed by atoms with Gasteiger partial charge in [-0.3, -0.25) is 4.68 Å². The van der Waals surface area contributed by atoms with E-state index in [1.165, 1.54) is 16.5 Å². The lowest BCUT2D eigenvalue weighted by molar-refractivity contribution is 0.797. The monoisotopic (exact) mass is 286 g/mol. The number of hydrogen-bond acceptors (Lipinski definition) is 1. The summed E-state index contributed by atoms with van der Waals surface area (Å²) in [5.41, 5.74) is 3.60. The number of aryl methyl sites for hydroxylation is 1. The van der Waals surface area contributed by atoms with Gasteiger partial charge in [-0.1, -0.05) is 34.1 Å². The van der Waals surface area contributed by atoms with Crippen molar-refractivity contribution in [2.75, 3.05) is 0 Å². The summed E-state index contributed by atoms with van der Waals surface area (Å²) in [7, 11) is 1.96. The quantitative estimate of drug-likeness (QED) is 0.661. The average Bonchev–Trinajstić information content (AvgIpc) is 2.72. The van der Waals surface area contributed by atoms with E-state index >= 15 is 0 Å². The van der Waals surface area contributed by atoms with Crippen molar-refractivity contribution in [3.8, 4) is 11.1 Å². The molecule has 3 rings (SSSR count). The van der Waals surface area contributed by atoms with Crippen LogP contribution in [0.15, 0.2) is 53.1 Å². The van der Waals surface area contributed by atoms with E-state index in [-0.39, 0.29) is 0 Å². The Labute approximate surface area is 108 Å². The molecule has 2 aromatic carbocycles. The molecule has 0 fully saturated rings. The van der Waals surface area contributed by atoms with Crippen molar-refractivity contribution in [2.24, 2.45) is 7.05 Å². The molecule has 0 atom stereocenters. The van der Waals surface area contributed by atoms with Crippen LogP contribution in [-0.4, -0.2) is 9.78 Å². The molecule has 0 spiro atoms. The van der Waals surface area contributed by atoms with E-state index in [0.717, 1.165) is 9.99 Å². The maximum absolute atomic E-state index is 4.25. The third-order valence-electron chi connectivity index (χ3n) is 2.92. The highest BCUT2D eigenvalue weighted by atomic mass is 79.9. The smallest absolute Gasteiger partial charge is 0.0679 e. The van der Waals surface area contributed by atoms with Gasteiger partial charge in [0.15, 0.2) is 0 Å². The van der Waals surface area contributed by atoms with Crippen LogP contribution in [0.5, 0.6) is 0 Å². The summed E-state index contributed by atoms with van der Waals surface area (Å²) in [6.07, 6.45) is 1.90. The van der Waals surface area contributed by atoms with Crippen LogP contribution in [0.25, 0.3) is 22.0 Å². The Morgan fingerprint density at radius 1 is 1.00 bits per heavy atom. The first-order chi connectivity index (χ1) is 8.24. The summed E-state index contributed by atoms with van der Waals surface area (Å²) in [5, 5.41) is 5.43. The fraction of sp³-hybridized carbons (Fsp3) is 0.0714. The minimum absolute atomic E-state index is 1.10. The first-order valence-corrected chi connectivity index (χ1v) is 6.21. The lowest BCUT2D eigenvalue weighted by Crippen LogP contribution is -1.88. The number of nitrogens with zero attached hydrogens (tertiary/aromatic N) is 2. The minimum atomic E-state index is 1.10. The van der Waals surface area contributed by atoms with Crippen molar-refractivity contribution in [1.29, 1.82) is 0 Å². The standard InChI is InChI=1S/C14H11BrN2/c1-17-14-7-4-11(8-12(14)9-16-17)10-2-5-13(15)6-3-10/h2-9H,1H3. The number of rotatable bonds is 1. The van der Waals surface area contributed by atoms with Crippen molar-refractivity contribution in [3.05, 3.63) is 53.1 Å².